The quantitative estimate of drug-likeness (QED) is 0.532. The number of carbonyl (C=O) groups excluding carboxylic acids is 2. The van der Waals surface area contributed by atoms with Crippen molar-refractivity contribution in [3.63, 3.8) is 0 Å². The molecule has 1 aromatic heterocycles. The van der Waals surface area contributed by atoms with Crippen LogP contribution in [0.3, 0.4) is 0 Å². The molecule has 0 bridgehead atoms. The third-order valence-electron chi connectivity index (χ3n) is 4.05. The number of pyridine rings is 1. The first-order chi connectivity index (χ1) is 14.6. The van der Waals surface area contributed by atoms with Crippen molar-refractivity contribution >= 4 is 40.0 Å². The molecule has 2 amide bonds. The van der Waals surface area contributed by atoms with Crippen LogP contribution in [0.25, 0.3) is 10.9 Å². The molecule has 1 heterocycles. The fourth-order valence-corrected chi connectivity index (χ4v) is 2.84. The summed E-state index contributed by atoms with van der Waals surface area (Å²) in [5, 5.41) is 5.08. The third kappa shape index (κ3) is 5.76. The molecular formula is C20H15ClF3N3O4. The molecule has 162 valence electrons. The number of halogens is 4. The number of anilines is 1. The van der Waals surface area contributed by atoms with Gasteiger partial charge in [-0.3, -0.25) is 14.4 Å². The molecule has 7 nitrogen and oxygen atoms in total. The van der Waals surface area contributed by atoms with E-state index in [9.17, 15) is 27.6 Å². The number of benzene rings is 2. The number of hydrogen-bond donors (Lipinski definition) is 3. The van der Waals surface area contributed by atoms with Crippen molar-refractivity contribution in [3.8, 4) is 5.75 Å². The molecule has 3 aromatic rings. The van der Waals surface area contributed by atoms with Crippen LogP contribution in [0.2, 0.25) is 5.02 Å². The Hall–Kier alpha value is -3.53. The van der Waals surface area contributed by atoms with Gasteiger partial charge in [0.05, 0.1) is 12.2 Å². The predicted octanol–water partition coefficient (Wildman–Crippen LogP) is 3.49. The van der Waals surface area contributed by atoms with Crippen LogP contribution in [-0.2, 0) is 4.79 Å². The lowest BCUT2D eigenvalue weighted by molar-refractivity contribution is -0.153. The lowest BCUT2D eigenvalue weighted by Crippen LogP contribution is -2.35. The summed E-state index contributed by atoms with van der Waals surface area (Å²) in [5.41, 5.74) is -0.248. The number of hydrogen-bond acceptors (Lipinski definition) is 4. The molecule has 0 aliphatic carbocycles. The van der Waals surface area contributed by atoms with E-state index in [0.717, 1.165) is 0 Å². The number of rotatable bonds is 6. The highest BCUT2D eigenvalue weighted by Gasteiger charge is 2.29. The maximum Gasteiger partial charge on any atom is 0.422 e. The lowest BCUT2D eigenvalue weighted by atomic mass is 10.1. The topological polar surface area (TPSA) is 100 Å². The number of fused-ring (bicyclic) bond motifs is 1. The first-order valence-corrected chi connectivity index (χ1v) is 9.19. The Morgan fingerprint density at radius 1 is 1.13 bits per heavy atom. The summed E-state index contributed by atoms with van der Waals surface area (Å²) in [6, 6.07) is 10.3. The van der Waals surface area contributed by atoms with Gasteiger partial charge in [-0.25, -0.2) is 0 Å². The normalized spacial score (nSPS) is 11.2. The molecule has 0 atom stereocenters. The lowest BCUT2D eigenvalue weighted by Gasteiger charge is -2.14. The van der Waals surface area contributed by atoms with Gasteiger partial charge in [-0.1, -0.05) is 23.7 Å². The number of carbonyl (C=O) groups is 2. The Labute approximate surface area is 178 Å². The van der Waals surface area contributed by atoms with Gasteiger partial charge in [0.2, 0.25) is 11.3 Å². The van der Waals surface area contributed by atoms with Gasteiger partial charge in [-0.15, -0.1) is 0 Å². The second kappa shape index (κ2) is 9.09. The van der Waals surface area contributed by atoms with Crippen molar-refractivity contribution in [1.82, 2.24) is 10.3 Å². The van der Waals surface area contributed by atoms with Gasteiger partial charge in [-0.05, 0) is 30.3 Å². The average Bonchev–Trinajstić information content (AvgIpc) is 2.71. The largest absolute Gasteiger partial charge is 0.482 e. The van der Waals surface area contributed by atoms with E-state index < -0.39 is 36.6 Å². The molecule has 0 radical (unpaired) electrons. The van der Waals surface area contributed by atoms with E-state index in [-0.39, 0.29) is 22.0 Å². The summed E-state index contributed by atoms with van der Waals surface area (Å²) in [4.78, 5) is 39.8. The van der Waals surface area contributed by atoms with Crippen LogP contribution in [0.4, 0.5) is 18.9 Å². The van der Waals surface area contributed by atoms with E-state index in [4.69, 9.17) is 11.6 Å². The number of amides is 2. The number of H-pyrrole nitrogens is 1. The molecular weight excluding hydrogens is 439 g/mol. The zero-order chi connectivity index (χ0) is 22.6. The number of nitrogens with one attached hydrogen (secondary N) is 3. The standard InChI is InChI=1S/C20H15ClF3N3O4/c21-11-5-6-16(31-10-20(22,23)24)15(7-11)27-17(28)9-26-19(30)13-8-25-14-4-2-1-3-12(14)18(13)29/h1-8H,9-10H2,(H,25,29)(H,26,30)(H,27,28). The first kappa shape index (κ1) is 22.2. The van der Waals surface area contributed by atoms with Crippen molar-refractivity contribution in [2.75, 3.05) is 18.5 Å². The van der Waals surface area contributed by atoms with Crippen LogP contribution in [0.1, 0.15) is 10.4 Å². The van der Waals surface area contributed by atoms with E-state index in [2.05, 4.69) is 20.4 Å². The molecule has 3 rings (SSSR count). The molecule has 11 heteroatoms. The van der Waals surface area contributed by atoms with Gasteiger partial charge in [0.1, 0.15) is 11.3 Å². The predicted molar refractivity (Wildman–Crippen MR) is 109 cm³/mol. The molecule has 0 unspecified atom stereocenters. The number of aromatic nitrogens is 1. The Morgan fingerprint density at radius 3 is 2.61 bits per heavy atom. The zero-order valence-electron chi connectivity index (χ0n) is 15.7. The zero-order valence-corrected chi connectivity index (χ0v) is 16.4. The van der Waals surface area contributed by atoms with Crippen molar-refractivity contribution in [1.29, 1.82) is 0 Å². The van der Waals surface area contributed by atoms with Crippen LogP contribution in [-0.4, -0.2) is 36.1 Å². The Bertz CT molecular complexity index is 1190. The van der Waals surface area contributed by atoms with E-state index in [1.54, 1.807) is 24.3 Å². The second-order valence-corrected chi connectivity index (χ2v) is 6.79. The maximum absolute atomic E-state index is 12.4. The van der Waals surface area contributed by atoms with Crippen molar-refractivity contribution in [2.45, 2.75) is 6.18 Å². The molecule has 2 aromatic carbocycles. The minimum absolute atomic E-state index is 0.0976. The summed E-state index contributed by atoms with van der Waals surface area (Å²) in [6.45, 7) is -2.10. The molecule has 31 heavy (non-hydrogen) atoms. The van der Waals surface area contributed by atoms with E-state index in [1.165, 1.54) is 24.4 Å². The summed E-state index contributed by atoms with van der Waals surface area (Å²) in [7, 11) is 0. The highest BCUT2D eigenvalue weighted by Crippen LogP contribution is 2.29. The second-order valence-electron chi connectivity index (χ2n) is 6.35. The van der Waals surface area contributed by atoms with Crippen LogP contribution in [0, 0.1) is 0 Å². The summed E-state index contributed by atoms with van der Waals surface area (Å²) >= 11 is 5.83. The SMILES string of the molecule is O=C(CNC(=O)c1c[nH]c2ccccc2c1=O)Nc1cc(Cl)ccc1OCC(F)(F)F. The smallest absolute Gasteiger partial charge is 0.422 e. The van der Waals surface area contributed by atoms with Crippen molar-refractivity contribution in [3.05, 3.63) is 69.5 Å². The minimum Gasteiger partial charge on any atom is -0.482 e. The Kier molecular flexibility index (Phi) is 6.50. The number of aromatic amines is 1. The van der Waals surface area contributed by atoms with Crippen molar-refractivity contribution in [2.24, 2.45) is 0 Å². The molecule has 0 spiro atoms. The van der Waals surface area contributed by atoms with E-state index >= 15 is 0 Å². The third-order valence-corrected chi connectivity index (χ3v) is 4.28. The van der Waals surface area contributed by atoms with Gasteiger partial charge in [0.25, 0.3) is 5.91 Å². The number of para-hydroxylation sites is 1. The molecule has 0 aliphatic rings. The number of ether oxygens (including phenoxy) is 1. The fourth-order valence-electron chi connectivity index (χ4n) is 2.67. The van der Waals surface area contributed by atoms with Crippen LogP contribution >= 0.6 is 11.6 Å². The van der Waals surface area contributed by atoms with Crippen LogP contribution in [0.15, 0.2) is 53.5 Å². The number of alkyl halides is 3. The van der Waals surface area contributed by atoms with Crippen molar-refractivity contribution < 1.29 is 27.5 Å². The van der Waals surface area contributed by atoms with Gasteiger partial charge in [0.15, 0.2) is 6.61 Å². The summed E-state index contributed by atoms with van der Waals surface area (Å²) < 4.78 is 41.9. The maximum atomic E-state index is 12.4. The first-order valence-electron chi connectivity index (χ1n) is 8.81. The van der Waals surface area contributed by atoms with Crippen LogP contribution in [0.5, 0.6) is 5.75 Å². The van der Waals surface area contributed by atoms with Gasteiger partial charge >= 0.3 is 6.18 Å². The molecule has 0 saturated carbocycles. The monoisotopic (exact) mass is 453 g/mol. The van der Waals surface area contributed by atoms with E-state index in [0.29, 0.717) is 10.9 Å². The molecule has 0 saturated heterocycles. The fraction of sp³-hybridized carbons (Fsp3) is 0.150. The van der Waals surface area contributed by atoms with Gasteiger partial charge < -0.3 is 20.4 Å². The van der Waals surface area contributed by atoms with Crippen LogP contribution < -0.4 is 20.8 Å². The van der Waals surface area contributed by atoms with E-state index in [1.807, 2.05) is 0 Å². The van der Waals surface area contributed by atoms with Gasteiger partial charge in [0, 0.05) is 22.1 Å². The Morgan fingerprint density at radius 2 is 1.87 bits per heavy atom. The minimum atomic E-state index is -4.57. The average molecular weight is 454 g/mol. The van der Waals surface area contributed by atoms with Gasteiger partial charge in [-0.2, -0.15) is 13.2 Å². The molecule has 3 N–H and O–H groups in total. The highest BCUT2D eigenvalue weighted by atomic mass is 35.5. The summed E-state index contributed by atoms with van der Waals surface area (Å²) in [5.74, 6) is -1.79. The summed E-state index contributed by atoms with van der Waals surface area (Å²) in [6.07, 6.45) is -3.33. The molecule has 0 aliphatic heterocycles. The highest BCUT2D eigenvalue weighted by molar-refractivity contribution is 6.31. The molecule has 0 fully saturated rings. The Balaban J connectivity index is 1.67.